The van der Waals surface area contributed by atoms with Crippen molar-refractivity contribution < 1.29 is 14.3 Å². The molecule has 0 aromatic heterocycles. The first-order valence-corrected chi connectivity index (χ1v) is 6.74. The summed E-state index contributed by atoms with van der Waals surface area (Å²) in [4.78, 5) is 12.1. The predicted octanol–water partition coefficient (Wildman–Crippen LogP) is 2.15. The van der Waals surface area contributed by atoms with Gasteiger partial charge in [-0.2, -0.15) is 5.10 Å². The molecular formula is C16H15N3O3. The van der Waals surface area contributed by atoms with Gasteiger partial charge in [-0.3, -0.25) is 4.79 Å². The summed E-state index contributed by atoms with van der Waals surface area (Å²) in [5.74, 6) is 0.887. The standard InChI is InChI=1S/C16H15N3O3/c1-10(11-2-5-13(17)6-3-11)18-19-16(20)12-4-7-14-15(8-12)22-9-21-14/h2-8H,9,17H2,1H3,(H,19,20). The molecule has 112 valence electrons. The van der Waals surface area contributed by atoms with Crippen LogP contribution in [0, 0.1) is 0 Å². The number of ether oxygens (including phenoxy) is 2. The number of nitrogens with one attached hydrogen (secondary N) is 1. The Labute approximate surface area is 127 Å². The van der Waals surface area contributed by atoms with E-state index >= 15 is 0 Å². The first-order chi connectivity index (χ1) is 10.6. The second-order valence-electron chi connectivity index (χ2n) is 4.83. The van der Waals surface area contributed by atoms with Gasteiger partial charge in [0.1, 0.15) is 0 Å². The number of amides is 1. The third-order valence-electron chi connectivity index (χ3n) is 3.29. The Balaban J connectivity index is 1.71. The minimum atomic E-state index is -0.312. The third-order valence-corrected chi connectivity index (χ3v) is 3.29. The number of carbonyl (C=O) groups is 1. The Kier molecular flexibility index (Phi) is 3.65. The molecular weight excluding hydrogens is 282 g/mol. The minimum Gasteiger partial charge on any atom is -0.454 e. The molecule has 3 N–H and O–H groups in total. The molecule has 1 amide bonds. The number of nitrogens with two attached hydrogens (primary N) is 1. The fourth-order valence-corrected chi connectivity index (χ4v) is 2.03. The van der Waals surface area contributed by atoms with Gasteiger partial charge in [0.25, 0.3) is 5.91 Å². The highest BCUT2D eigenvalue weighted by atomic mass is 16.7. The van der Waals surface area contributed by atoms with E-state index < -0.39 is 0 Å². The Morgan fingerprint density at radius 3 is 2.55 bits per heavy atom. The van der Waals surface area contributed by atoms with Crippen LogP contribution in [0.15, 0.2) is 47.6 Å². The fourth-order valence-electron chi connectivity index (χ4n) is 2.03. The molecule has 0 saturated carbocycles. The van der Waals surface area contributed by atoms with Crippen molar-refractivity contribution in [3.63, 3.8) is 0 Å². The van der Waals surface area contributed by atoms with E-state index in [9.17, 15) is 4.79 Å². The predicted molar refractivity (Wildman–Crippen MR) is 83.1 cm³/mol. The molecule has 3 rings (SSSR count). The first kappa shape index (κ1) is 13.9. The highest BCUT2D eigenvalue weighted by Gasteiger charge is 2.16. The van der Waals surface area contributed by atoms with Gasteiger partial charge in [-0.25, -0.2) is 5.43 Å². The summed E-state index contributed by atoms with van der Waals surface area (Å²) in [6.07, 6.45) is 0. The van der Waals surface area contributed by atoms with Crippen LogP contribution in [-0.4, -0.2) is 18.4 Å². The van der Waals surface area contributed by atoms with Crippen molar-refractivity contribution in [1.82, 2.24) is 5.43 Å². The van der Waals surface area contributed by atoms with Crippen molar-refractivity contribution in [1.29, 1.82) is 0 Å². The van der Waals surface area contributed by atoms with E-state index in [0.717, 1.165) is 5.56 Å². The minimum absolute atomic E-state index is 0.175. The molecule has 1 aliphatic heterocycles. The Bertz CT molecular complexity index is 739. The lowest BCUT2D eigenvalue weighted by atomic mass is 10.1. The SMILES string of the molecule is CC(=NNC(=O)c1ccc2c(c1)OCO2)c1ccc(N)cc1. The van der Waals surface area contributed by atoms with Crippen molar-refractivity contribution in [3.8, 4) is 11.5 Å². The molecule has 0 unspecified atom stereocenters. The van der Waals surface area contributed by atoms with Crippen LogP contribution in [0.25, 0.3) is 0 Å². The second kappa shape index (κ2) is 5.77. The molecule has 6 nitrogen and oxygen atoms in total. The maximum Gasteiger partial charge on any atom is 0.271 e. The van der Waals surface area contributed by atoms with E-state index in [2.05, 4.69) is 10.5 Å². The molecule has 0 spiro atoms. The second-order valence-corrected chi connectivity index (χ2v) is 4.83. The van der Waals surface area contributed by atoms with E-state index in [0.29, 0.717) is 28.5 Å². The van der Waals surface area contributed by atoms with Crippen LogP contribution in [0.2, 0.25) is 0 Å². The maximum absolute atomic E-state index is 12.1. The van der Waals surface area contributed by atoms with Crippen LogP contribution in [0.5, 0.6) is 11.5 Å². The molecule has 6 heteroatoms. The van der Waals surface area contributed by atoms with Crippen LogP contribution in [-0.2, 0) is 0 Å². The summed E-state index contributed by atoms with van der Waals surface area (Å²) in [7, 11) is 0. The zero-order valence-corrected chi connectivity index (χ0v) is 12.0. The fraction of sp³-hybridized carbons (Fsp3) is 0.125. The molecule has 1 heterocycles. The number of carbonyl (C=O) groups excluding carboxylic acids is 1. The third kappa shape index (κ3) is 2.85. The zero-order valence-electron chi connectivity index (χ0n) is 12.0. The van der Waals surface area contributed by atoms with Crippen LogP contribution in [0.1, 0.15) is 22.8 Å². The van der Waals surface area contributed by atoms with E-state index in [1.54, 1.807) is 30.3 Å². The first-order valence-electron chi connectivity index (χ1n) is 6.74. The highest BCUT2D eigenvalue weighted by molar-refractivity contribution is 6.01. The van der Waals surface area contributed by atoms with Crippen molar-refractivity contribution in [2.24, 2.45) is 5.10 Å². The highest BCUT2D eigenvalue weighted by Crippen LogP contribution is 2.32. The van der Waals surface area contributed by atoms with E-state index in [4.69, 9.17) is 15.2 Å². The number of hydrogen-bond acceptors (Lipinski definition) is 5. The van der Waals surface area contributed by atoms with Gasteiger partial charge < -0.3 is 15.2 Å². The molecule has 2 aromatic rings. The van der Waals surface area contributed by atoms with Gasteiger partial charge in [-0.05, 0) is 42.8 Å². The van der Waals surface area contributed by atoms with Crippen LogP contribution < -0.4 is 20.6 Å². The molecule has 0 bridgehead atoms. The molecule has 0 atom stereocenters. The molecule has 0 saturated heterocycles. The number of rotatable bonds is 3. The van der Waals surface area contributed by atoms with E-state index in [1.165, 1.54) is 0 Å². The molecule has 0 aliphatic carbocycles. The summed E-state index contributed by atoms with van der Waals surface area (Å²) < 4.78 is 10.5. The zero-order chi connectivity index (χ0) is 15.5. The topological polar surface area (TPSA) is 85.9 Å². The van der Waals surface area contributed by atoms with Gasteiger partial charge in [0.05, 0.1) is 5.71 Å². The van der Waals surface area contributed by atoms with E-state index in [1.807, 2.05) is 19.1 Å². The average molecular weight is 297 g/mol. The lowest BCUT2D eigenvalue weighted by Crippen LogP contribution is -2.19. The molecule has 1 aliphatic rings. The molecule has 22 heavy (non-hydrogen) atoms. The lowest BCUT2D eigenvalue weighted by Gasteiger charge is -2.04. The lowest BCUT2D eigenvalue weighted by molar-refractivity contribution is 0.0954. The Morgan fingerprint density at radius 2 is 1.77 bits per heavy atom. The van der Waals surface area contributed by atoms with Crippen LogP contribution in [0.3, 0.4) is 0 Å². The molecule has 2 aromatic carbocycles. The summed E-state index contributed by atoms with van der Waals surface area (Å²) in [6, 6.07) is 12.3. The summed E-state index contributed by atoms with van der Waals surface area (Å²) in [5, 5.41) is 4.10. The Hall–Kier alpha value is -3.02. The number of nitrogens with zero attached hydrogens (tertiary/aromatic N) is 1. The van der Waals surface area contributed by atoms with Crippen molar-refractivity contribution in [2.75, 3.05) is 12.5 Å². The Morgan fingerprint density at radius 1 is 1.09 bits per heavy atom. The summed E-state index contributed by atoms with van der Waals surface area (Å²) >= 11 is 0. The average Bonchev–Trinajstić information content (AvgIpc) is 3.00. The number of hydrogen-bond donors (Lipinski definition) is 2. The van der Waals surface area contributed by atoms with Gasteiger partial charge in [0.15, 0.2) is 11.5 Å². The van der Waals surface area contributed by atoms with Gasteiger partial charge in [-0.1, -0.05) is 12.1 Å². The maximum atomic E-state index is 12.1. The quantitative estimate of drug-likeness (QED) is 0.516. The normalized spacial score (nSPS) is 13.0. The van der Waals surface area contributed by atoms with Crippen molar-refractivity contribution in [3.05, 3.63) is 53.6 Å². The van der Waals surface area contributed by atoms with Crippen LogP contribution >= 0.6 is 0 Å². The molecule has 0 fully saturated rings. The number of fused-ring (bicyclic) bond motifs is 1. The van der Waals surface area contributed by atoms with Gasteiger partial charge in [0, 0.05) is 11.3 Å². The summed E-state index contributed by atoms with van der Waals surface area (Å²) in [6.45, 7) is 1.99. The van der Waals surface area contributed by atoms with E-state index in [-0.39, 0.29) is 12.7 Å². The van der Waals surface area contributed by atoms with Gasteiger partial charge in [-0.15, -0.1) is 0 Å². The number of hydrazone groups is 1. The van der Waals surface area contributed by atoms with Gasteiger partial charge in [0.2, 0.25) is 6.79 Å². The van der Waals surface area contributed by atoms with Crippen molar-refractivity contribution >= 4 is 17.3 Å². The van der Waals surface area contributed by atoms with Crippen molar-refractivity contribution in [2.45, 2.75) is 6.92 Å². The molecule has 0 radical (unpaired) electrons. The summed E-state index contributed by atoms with van der Waals surface area (Å²) in [5.41, 5.74) is 10.9. The smallest absolute Gasteiger partial charge is 0.271 e. The van der Waals surface area contributed by atoms with Crippen LogP contribution in [0.4, 0.5) is 5.69 Å². The van der Waals surface area contributed by atoms with Gasteiger partial charge >= 0.3 is 0 Å². The number of anilines is 1. The largest absolute Gasteiger partial charge is 0.454 e. The number of benzene rings is 2. The number of nitrogen functional groups attached to an aromatic ring is 1. The monoisotopic (exact) mass is 297 g/mol.